The van der Waals surface area contributed by atoms with E-state index in [0.29, 0.717) is 0 Å². The molecule has 0 heterocycles. The first-order chi connectivity index (χ1) is 7.40. The summed E-state index contributed by atoms with van der Waals surface area (Å²) in [7, 11) is 1.81. The molecule has 0 bridgehead atoms. The highest BCUT2D eigenvalue weighted by atomic mass is 14.6. The molecule has 2 rings (SSSR count). The van der Waals surface area contributed by atoms with Crippen molar-refractivity contribution in [2.75, 3.05) is 7.05 Å². The van der Waals surface area contributed by atoms with E-state index >= 15 is 0 Å². The maximum absolute atomic E-state index is 4.02. The minimum absolute atomic E-state index is 0.811. The van der Waals surface area contributed by atoms with Crippen LogP contribution in [0.15, 0.2) is 29.3 Å². The lowest BCUT2D eigenvalue weighted by Crippen LogP contribution is -2.04. The van der Waals surface area contributed by atoms with Gasteiger partial charge in [0.05, 0.1) is 0 Å². The van der Waals surface area contributed by atoms with E-state index in [2.05, 4.69) is 29.3 Å². The second kappa shape index (κ2) is 5.11. The van der Waals surface area contributed by atoms with Crippen molar-refractivity contribution in [3.8, 4) is 0 Å². The lowest BCUT2D eigenvalue weighted by molar-refractivity contribution is 0.443. The number of nitrogens with zero attached hydrogens (tertiary/aromatic N) is 1. The van der Waals surface area contributed by atoms with Gasteiger partial charge in [0.2, 0.25) is 0 Å². The fourth-order valence-corrected chi connectivity index (χ4v) is 2.44. The lowest BCUT2D eigenvalue weighted by atomic mass is 9.84. The molecule has 1 aliphatic rings. The maximum atomic E-state index is 4.02. The number of hydrogen-bond donors (Lipinski definition) is 0. The molecule has 1 fully saturated rings. The van der Waals surface area contributed by atoms with Crippen LogP contribution in [-0.2, 0) is 0 Å². The van der Waals surface area contributed by atoms with Crippen LogP contribution in [0.1, 0.15) is 49.1 Å². The number of benzene rings is 1. The van der Waals surface area contributed by atoms with Crippen LogP contribution in [0, 0.1) is 0 Å². The first-order valence-electron chi connectivity index (χ1n) is 5.92. The van der Waals surface area contributed by atoms with Gasteiger partial charge in [0.25, 0.3) is 0 Å². The average molecular weight is 201 g/mol. The molecular formula is C14H19N. The smallest absolute Gasteiger partial charge is 0.0281 e. The van der Waals surface area contributed by atoms with Gasteiger partial charge in [0.15, 0.2) is 0 Å². The Labute approximate surface area is 92.2 Å². The molecule has 15 heavy (non-hydrogen) atoms. The van der Waals surface area contributed by atoms with Gasteiger partial charge in [-0.3, -0.25) is 4.99 Å². The summed E-state index contributed by atoms with van der Waals surface area (Å²) in [5.74, 6) is 0.811. The molecule has 0 radical (unpaired) electrons. The summed E-state index contributed by atoms with van der Waals surface area (Å²) in [6.07, 6.45) is 8.90. The molecule has 0 aliphatic heterocycles. The molecule has 0 spiro atoms. The van der Waals surface area contributed by atoms with E-state index in [1.165, 1.54) is 43.2 Å². The highest BCUT2D eigenvalue weighted by Gasteiger charge is 2.14. The Balaban J connectivity index is 2.08. The van der Waals surface area contributed by atoms with E-state index < -0.39 is 0 Å². The fraction of sp³-hybridized carbons (Fsp3) is 0.500. The number of hydrogen-bond acceptors (Lipinski definition) is 1. The highest BCUT2D eigenvalue weighted by molar-refractivity contribution is 5.79. The molecule has 0 aromatic heterocycles. The number of aliphatic imine (C=N–C) groups is 1. The summed E-state index contributed by atoms with van der Waals surface area (Å²) in [6, 6.07) is 8.90. The van der Waals surface area contributed by atoms with Crippen molar-refractivity contribution in [3.63, 3.8) is 0 Å². The van der Waals surface area contributed by atoms with Crippen LogP contribution >= 0.6 is 0 Å². The Bertz CT molecular complexity index is 318. The Morgan fingerprint density at radius 3 is 2.33 bits per heavy atom. The predicted octanol–water partition coefficient (Wildman–Crippen LogP) is 3.78. The van der Waals surface area contributed by atoms with Crippen LogP contribution in [0.4, 0.5) is 0 Å². The van der Waals surface area contributed by atoms with Crippen LogP contribution in [0.25, 0.3) is 0 Å². The minimum Gasteiger partial charge on any atom is -0.296 e. The SMILES string of the molecule is CN=Cc1ccc(C2CCCCC2)cc1. The van der Waals surface area contributed by atoms with Crippen molar-refractivity contribution in [1.29, 1.82) is 0 Å². The first kappa shape index (κ1) is 10.4. The van der Waals surface area contributed by atoms with Gasteiger partial charge in [0.1, 0.15) is 0 Å². The van der Waals surface area contributed by atoms with Gasteiger partial charge in [-0.15, -0.1) is 0 Å². The predicted molar refractivity (Wildman–Crippen MR) is 65.8 cm³/mol. The van der Waals surface area contributed by atoms with Crippen molar-refractivity contribution < 1.29 is 0 Å². The fourth-order valence-electron chi connectivity index (χ4n) is 2.44. The Kier molecular flexibility index (Phi) is 3.54. The van der Waals surface area contributed by atoms with Crippen molar-refractivity contribution in [3.05, 3.63) is 35.4 Å². The summed E-state index contributed by atoms with van der Waals surface area (Å²) < 4.78 is 0. The average Bonchev–Trinajstić information content (AvgIpc) is 2.32. The normalized spacial score (nSPS) is 18.5. The van der Waals surface area contributed by atoms with E-state index in [1.807, 2.05) is 13.3 Å². The van der Waals surface area contributed by atoms with Crippen LogP contribution in [0.2, 0.25) is 0 Å². The molecule has 0 saturated heterocycles. The van der Waals surface area contributed by atoms with Crippen LogP contribution in [0.3, 0.4) is 0 Å². The molecule has 1 aromatic carbocycles. The molecule has 0 atom stereocenters. The third-order valence-corrected chi connectivity index (χ3v) is 3.29. The summed E-state index contributed by atoms with van der Waals surface area (Å²) in [5.41, 5.74) is 2.72. The van der Waals surface area contributed by atoms with E-state index in [0.717, 1.165) is 5.92 Å². The molecule has 1 heteroatoms. The van der Waals surface area contributed by atoms with Crippen molar-refractivity contribution in [1.82, 2.24) is 0 Å². The van der Waals surface area contributed by atoms with Gasteiger partial charge in [0, 0.05) is 13.3 Å². The van der Waals surface area contributed by atoms with E-state index in [9.17, 15) is 0 Å². The van der Waals surface area contributed by atoms with Gasteiger partial charge in [-0.25, -0.2) is 0 Å². The third-order valence-electron chi connectivity index (χ3n) is 3.29. The standard InChI is InChI=1S/C14H19N/c1-15-11-12-7-9-14(10-8-12)13-5-3-2-4-6-13/h7-11,13H,2-6H2,1H3. The third kappa shape index (κ3) is 2.68. The van der Waals surface area contributed by atoms with Crippen LogP contribution in [-0.4, -0.2) is 13.3 Å². The van der Waals surface area contributed by atoms with Gasteiger partial charge in [-0.1, -0.05) is 43.5 Å². The molecule has 1 aromatic rings. The summed E-state index contributed by atoms with van der Waals surface area (Å²) in [6.45, 7) is 0. The van der Waals surface area contributed by atoms with E-state index in [1.54, 1.807) is 0 Å². The van der Waals surface area contributed by atoms with Crippen LogP contribution < -0.4 is 0 Å². The Morgan fingerprint density at radius 2 is 1.73 bits per heavy atom. The van der Waals surface area contributed by atoms with Crippen molar-refractivity contribution in [2.45, 2.75) is 38.0 Å². The zero-order valence-electron chi connectivity index (χ0n) is 9.45. The minimum atomic E-state index is 0.811. The molecule has 80 valence electrons. The molecular weight excluding hydrogens is 182 g/mol. The van der Waals surface area contributed by atoms with E-state index in [4.69, 9.17) is 0 Å². The molecule has 0 unspecified atom stereocenters. The molecule has 0 N–H and O–H groups in total. The van der Waals surface area contributed by atoms with Gasteiger partial charge in [-0.05, 0) is 29.9 Å². The quantitative estimate of drug-likeness (QED) is 0.646. The Morgan fingerprint density at radius 1 is 1.07 bits per heavy atom. The van der Waals surface area contributed by atoms with E-state index in [-0.39, 0.29) is 0 Å². The monoisotopic (exact) mass is 201 g/mol. The molecule has 1 saturated carbocycles. The van der Waals surface area contributed by atoms with Crippen molar-refractivity contribution >= 4 is 6.21 Å². The van der Waals surface area contributed by atoms with Gasteiger partial charge < -0.3 is 0 Å². The summed E-state index contributed by atoms with van der Waals surface area (Å²) >= 11 is 0. The zero-order chi connectivity index (χ0) is 10.5. The van der Waals surface area contributed by atoms with Crippen LogP contribution in [0.5, 0.6) is 0 Å². The zero-order valence-corrected chi connectivity index (χ0v) is 9.45. The second-order valence-electron chi connectivity index (χ2n) is 4.39. The molecule has 1 aliphatic carbocycles. The Hall–Kier alpha value is -1.11. The molecule has 0 amide bonds. The van der Waals surface area contributed by atoms with Crippen molar-refractivity contribution in [2.24, 2.45) is 4.99 Å². The topological polar surface area (TPSA) is 12.4 Å². The molecule has 1 nitrogen and oxygen atoms in total. The summed E-state index contributed by atoms with van der Waals surface area (Å²) in [4.78, 5) is 4.02. The largest absolute Gasteiger partial charge is 0.296 e. The first-order valence-corrected chi connectivity index (χ1v) is 5.92. The highest BCUT2D eigenvalue weighted by Crippen LogP contribution is 2.32. The summed E-state index contributed by atoms with van der Waals surface area (Å²) in [5, 5.41) is 0. The maximum Gasteiger partial charge on any atom is 0.0281 e. The van der Waals surface area contributed by atoms with Gasteiger partial charge >= 0.3 is 0 Å². The second-order valence-corrected chi connectivity index (χ2v) is 4.39. The number of rotatable bonds is 2. The van der Waals surface area contributed by atoms with Gasteiger partial charge in [-0.2, -0.15) is 0 Å². The lowest BCUT2D eigenvalue weighted by Gasteiger charge is -2.21.